The Labute approximate surface area is 425 Å². The summed E-state index contributed by atoms with van der Waals surface area (Å²) in [5, 5.41) is 29.2. The zero-order valence-electron chi connectivity index (χ0n) is 35.2. The SMILES string of the molecule is CCCCCCCCCCCCCCCC(=O)O[C@@H](C)/C=C/C[C@@H](Cl)[C@H](Cl)[C@H](C[C@H](Cl)[C@H](Cl)[C@@H](O)[C@H](Cl)[C@@H](Cl)[C@H](Cl)[C@H](O)[C@H](Cl)CC(Cl)(Cl)CC[C@H](Cl)[C@@H](O)CO)OS(=O)(=O)O. The summed E-state index contributed by atoms with van der Waals surface area (Å²) in [4.78, 5) is 12.4. The number of ether oxygens (including phenoxy) is 1. The molecule has 0 rings (SSSR count). The van der Waals surface area contributed by atoms with Gasteiger partial charge in [0, 0.05) is 6.42 Å². The van der Waals surface area contributed by atoms with Crippen molar-refractivity contribution in [3.05, 3.63) is 12.2 Å². The Morgan fingerprint density at radius 1 is 0.677 bits per heavy atom. The van der Waals surface area contributed by atoms with Gasteiger partial charge in [0.15, 0.2) is 0 Å². The number of carbonyl (C=O) groups is 1. The molecule has 0 aromatic rings. The third kappa shape index (κ3) is 29.2. The highest BCUT2D eigenvalue weighted by Gasteiger charge is 2.43. The van der Waals surface area contributed by atoms with Gasteiger partial charge < -0.3 is 25.2 Å². The molecule has 0 fully saturated rings. The number of hydrogen-bond donors (Lipinski definition) is 5. The van der Waals surface area contributed by atoms with Crippen LogP contribution in [0.15, 0.2) is 12.2 Å². The molecule has 0 unspecified atom stereocenters. The molecule has 10 nitrogen and oxygen atoms in total. The average Bonchev–Trinajstić information content (AvgIpc) is 3.20. The molecule has 22 heteroatoms. The van der Waals surface area contributed by atoms with Crippen molar-refractivity contribution in [1.29, 1.82) is 0 Å². The van der Waals surface area contributed by atoms with E-state index in [0.29, 0.717) is 6.42 Å². The van der Waals surface area contributed by atoms with Gasteiger partial charge in [-0.05, 0) is 51.5 Å². The van der Waals surface area contributed by atoms with E-state index in [1.54, 1.807) is 19.1 Å². The standard InChI is InChI=1S/C40H67Cl11O10S/c1-3-4-5-6-7-8-9-10-11-12-13-14-15-19-32(54)60-25(2)17-16-18-27(42)33(45)31(61-62(57,58)59)22-28(43)34(46)39(56)37(49)35(47)36(48)38(55)29(44)23-40(50,51)21-20-26(41)30(53)24-52/h16-17,25-31,33-39,52-53,55-56H,3-15,18-24H2,1-2H3,(H,57,58,59)/b17-16+/t25-,26-,27+,28-,29+,30-,31-,33-,34-,35-,36-,37+,38+,39+/m0/s1. The summed E-state index contributed by atoms with van der Waals surface area (Å²) in [7, 11) is -5.08. The van der Waals surface area contributed by atoms with Crippen LogP contribution >= 0.6 is 128 Å². The summed E-state index contributed by atoms with van der Waals surface area (Å²) in [6.45, 7) is 3.35. The largest absolute Gasteiger partial charge is 0.458 e. The van der Waals surface area contributed by atoms with E-state index in [1.165, 1.54) is 57.8 Å². The van der Waals surface area contributed by atoms with Crippen LogP contribution in [-0.2, 0) is 24.1 Å². The normalized spacial score (nSPS) is 19.7. The van der Waals surface area contributed by atoms with Gasteiger partial charge in [-0.1, -0.05) is 90.0 Å². The van der Waals surface area contributed by atoms with E-state index in [0.717, 1.165) is 25.7 Å². The Morgan fingerprint density at radius 3 is 1.68 bits per heavy atom. The van der Waals surface area contributed by atoms with Crippen molar-refractivity contribution in [2.75, 3.05) is 6.61 Å². The number of alkyl halides is 11. The molecule has 0 radical (unpaired) electrons. The average molecular weight is 1130 g/mol. The van der Waals surface area contributed by atoms with Gasteiger partial charge in [-0.3, -0.25) is 9.35 Å². The lowest BCUT2D eigenvalue weighted by molar-refractivity contribution is -0.146. The molecule has 370 valence electrons. The number of halogens is 11. The minimum Gasteiger partial charge on any atom is -0.458 e. The van der Waals surface area contributed by atoms with Crippen LogP contribution in [-0.4, -0.2) is 129 Å². The van der Waals surface area contributed by atoms with Gasteiger partial charge >= 0.3 is 16.4 Å². The highest BCUT2D eigenvalue weighted by Crippen LogP contribution is 2.38. The fourth-order valence-corrected chi connectivity index (χ4v) is 10.6. The van der Waals surface area contributed by atoms with Gasteiger partial charge in [-0.2, -0.15) is 8.42 Å². The zero-order chi connectivity index (χ0) is 47.6. The van der Waals surface area contributed by atoms with Gasteiger partial charge in [0.05, 0.1) is 79.4 Å². The fourth-order valence-electron chi connectivity index (χ4n) is 6.39. The first kappa shape index (κ1) is 64.1. The molecule has 14 atom stereocenters. The van der Waals surface area contributed by atoms with Crippen LogP contribution in [0.2, 0.25) is 0 Å². The summed E-state index contributed by atoms with van der Waals surface area (Å²) in [6.07, 6.45) is 12.0. The highest BCUT2D eigenvalue weighted by molar-refractivity contribution is 7.80. The van der Waals surface area contributed by atoms with E-state index in [-0.39, 0.29) is 31.7 Å². The molecule has 0 heterocycles. The maximum Gasteiger partial charge on any atom is 0.397 e. The van der Waals surface area contributed by atoms with Crippen molar-refractivity contribution in [3.8, 4) is 0 Å². The molecule has 0 aliphatic rings. The molecule has 0 aromatic heterocycles. The van der Waals surface area contributed by atoms with Crippen LogP contribution in [0.4, 0.5) is 0 Å². The Bertz CT molecular complexity index is 1310. The molecule has 0 bridgehead atoms. The number of rotatable bonds is 38. The van der Waals surface area contributed by atoms with Crippen molar-refractivity contribution in [2.45, 2.75) is 219 Å². The van der Waals surface area contributed by atoms with E-state index in [2.05, 4.69) is 6.92 Å². The third-order valence-corrected chi connectivity index (χ3v) is 16.4. The number of esters is 1. The van der Waals surface area contributed by atoms with Crippen LogP contribution in [0.3, 0.4) is 0 Å². The van der Waals surface area contributed by atoms with Crippen molar-refractivity contribution >= 4 is 144 Å². The van der Waals surface area contributed by atoms with Gasteiger partial charge in [-0.25, -0.2) is 4.18 Å². The number of allylic oxidation sites excluding steroid dienone is 1. The maximum atomic E-state index is 12.4. The maximum absolute atomic E-state index is 12.4. The second-order valence-corrected chi connectivity index (χ2v) is 23.2. The van der Waals surface area contributed by atoms with E-state index in [4.69, 9.17) is 142 Å². The minimum absolute atomic E-state index is 0.0268. The topological polar surface area (TPSA) is 171 Å². The Balaban J connectivity index is 5.06. The lowest BCUT2D eigenvalue weighted by atomic mass is 9.97. The molecule has 0 aromatic carbocycles. The number of hydrogen-bond acceptors (Lipinski definition) is 9. The first-order valence-electron chi connectivity index (χ1n) is 21.2. The van der Waals surface area contributed by atoms with Gasteiger partial charge in [0.25, 0.3) is 0 Å². The summed E-state index contributed by atoms with van der Waals surface area (Å²) >= 11 is 70.4. The Morgan fingerprint density at radius 2 is 1.18 bits per heavy atom. The molecule has 0 spiro atoms. The molecular weight excluding hydrogens is 1060 g/mol. The van der Waals surface area contributed by atoms with Gasteiger partial charge in [0.2, 0.25) is 0 Å². The number of unbranched alkanes of at least 4 members (excludes halogenated alkanes) is 12. The van der Waals surface area contributed by atoms with Crippen molar-refractivity contribution in [2.24, 2.45) is 0 Å². The molecule has 0 saturated heterocycles. The van der Waals surface area contributed by atoms with Crippen LogP contribution in [0.5, 0.6) is 0 Å². The monoisotopic (exact) mass is 1120 g/mol. The smallest absolute Gasteiger partial charge is 0.397 e. The second-order valence-electron chi connectivity index (χ2n) is 15.8. The van der Waals surface area contributed by atoms with Crippen LogP contribution in [0.1, 0.15) is 136 Å². The van der Waals surface area contributed by atoms with Crippen LogP contribution < -0.4 is 0 Å². The van der Waals surface area contributed by atoms with E-state index in [1.807, 2.05) is 0 Å². The summed E-state index contributed by atoms with van der Waals surface area (Å²) in [6, 6.07) is 0. The summed E-state index contributed by atoms with van der Waals surface area (Å²) < 4.78 is 41.8. The second kappa shape index (κ2) is 35.2. The van der Waals surface area contributed by atoms with E-state index >= 15 is 0 Å². The quantitative estimate of drug-likeness (QED) is 0.0132. The first-order valence-corrected chi connectivity index (χ1v) is 27.2. The summed E-state index contributed by atoms with van der Waals surface area (Å²) in [5.41, 5.74) is 0. The zero-order valence-corrected chi connectivity index (χ0v) is 44.4. The summed E-state index contributed by atoms with van der Waals surface area (Å²) in [5.74, 6) is -0.324. The highest BCUT2D eigenvalue weighted by atomic mass is 35.5. The third-order valence-electron chi connectivity index (χ3n) is 10.2. The van der Waals surface area contributed by atoms with Crippen LogP contribution in [0.25, 0.3) is 0 Å². The number of aliphatic hydroxyl groups excluding tert-OH is 4. The number of carbonyl (C=O) groups excluding carboxylic acids is 1. The predicted octanol–water partition coefficient (Wildman–Crippen LogP) is 11.8. The lowest BCUT2D eigenvalue weighted by Gasteiger charge is -2.34. The molecule has 0 amide bonds. The lowest BCUT2D eigenvalue weighted by Crippen LogP contribution is -2.49. The first-order chi connectivity index (χ1) is 28.9. The fraction of sp³-hybridized carbons (Fsp3) is 0.925. The molecule has 0 aliphatic carbocycles. The molecular formula is C40H67Cl11O10S. The van der Waals surface area contributed by atoms with E-state index < -0.39 is 107 Å². The Hall–Kier alpha value is 2.11. The van der Waals surface area contributed by atoms with Gasteiger partial charge in [-0.15, -0.1) is 128 Å². The van der Waals surface area contributed by atoms with Crippen molar-refractivity contribution < 1.29 is 47.1 Å². The molecule has 0 saturated carbocycles. The molecule has 0 aliphatic heterocycles. The van der Waals surface area contributed by atoms with Crippen molar-refractivity contribution in [3.63, 3.8) is 0 Å². The predicted molar refractivity (Wildman–Crippen MR) is 261 cm³/mol. The van der Waals surface area contributed by atoms with Gasteiger partial charge in [0.1, 0.15) is 10.4 Å². The van der Waals surface area contributed by atoms with Crippen LogP contribution in [0, 0.1) is 0 Å². The van der Waals surface area contributed by atoms with Crippen molar-refractivity contribution in [1.82, 2.24) is 0 Å². The molecule has 5 N–H and O–H groups in total. The molecule has 62 heavy (non-hydrogen) atoms. The van der Waals surface area contributed by atoms with E-state index in [9.17, 15) is 33.1 Å². The number of aliphatic hydroxyl groups is 4. The minimum atomic E-state index is -5.08. The Kier molecular flexibility index (Phi) is 36.4.